The standard InChI is InChI=1S/C10H15N3O3S/c1-17(16)6-2-5-12-8-3-4-10(13(14)15)9(11)7-8/h3-4,7,12H,2,5-6,11H2,1H3. The molecule has 0 aliphatic carbocycles. The highest BCUT2D eigenvalue weighted by Gasteiger charge is 2.10. The fourth-order valence-electron chi connectivity index (χ4n) is 1.34. The van der Waals surface area contributed by atoms with E-state index in [0.29, 0.717) is 12.3 Å². The second kappa shape index (κ2) is 6.19. The molecule has 0 saturated heterocycles. The molecule has 0 spiro atoms. The fraction of sp³-hybridized carbons (Fsp3) is 0.400. The van der Waals surface area contributed by atoms with Crippen LogP contribution < -0.4 is 11.1 Å². The van der Waals surface area contributed by atoms with Gasteiger partial charge in [0.25, 0.3) is 5.69 Å². The van der Waals surface area contributed by atoms with Crippen molar-refractivity contribution in [2.75, 3.05) is 29.6 Å². The molecule has 0 aromatic heterocycles. The van der Waals surface area contributed by atoms with Crippen molar-refractivity contribution in [2.24, 2.45) is 0 Å². The van der Waals surface area contributed by atoms with Crippen molar-refractivity contribution in [3.05, 3.63) is 28.3 Å². The van der Waals surface area contributed by atoms with E-state index in [1.54, 1.807) is 12.3 Å². The summed E-state index contributed by atoms with van der Waals surface area (Å²) in [6.45, 7) is 0.664. The van der Waals surface area contributed by atoms with E-state index in [1.165, 1.54) is 12.1 Å². The molecular weight excluding hydrogens is 242 g/mol. The number of hydrogen-bond acceptors (Lipinski definition) is 5. The van der Waals surface area contributed by atoms with Gasteiger partial charge in [-0.3, -0.25) is 14.3 Å². The van der Waals surface area contributed by atoms with Gasteiger partial charge in [0.1, 0.15) is 5.69 Å². The largest absolute Gasteiger partial charge is 0.393 e. The highest BCUT2D eigenvalue weighted by Crippen LogP contribution is 2.24. The molecule has 6 nitrogen and oxygen atoms in total. The normalized spacial score (nSPS) is 12.1. The van der Waals surface area contributed by atoms with Gasteiger partial charge in [0.15, 0.2) is 0 Å². The second-order valence-electron chi connectivity index (χ2n) is 3.59. The Morgan fingerprint density at radius 3 is 2.76 bits per heavy atom. The van der Waals surface area contributed by atoms with Gasteiger partial charge in [-0.1, -0.05) is 0 Å². The first-order chi connectivity index (χ1) is 8.00. The van der Waals surface area contributed by atoms with Gasteiger partial charge in [0.05, 0.1) is 4.92 Å². The zero-order valence-electron chi connectivity index (χ0n) is 9.51. The molecule has 0 aliphatic rings. The predicted octanol–water partition coefficient (Wildman–Crippen LogP) is 1.36. The summed E-state index contributed by atoms with van der Waals surface area (Å²) >= 11 is 0. The van der Waals surface area contributed by atoms with Crippen molar-refractivity contribution in [1.82, 2.24) is 0 Å². The summed E-state index contributed by atoms with van der Waals surface area (Å²) in [5, 5.41) is 13.6. The number of nitrogens with one attached hydrogen (secondary N) is 1. The van der Waals surface area contributed by atoms with Gasteiger partial charge in [0.2, 0.25) is 0 Å². The number of benzene rings is 1. The highest BCUT2D eigenvalue weighted by molar-refractivity contribution is 7.84. The quantitative estimate of drug-likeness (QED) is 0.347. The average molecular weight is 257 g/mol. The van der Waals surface area contributed by atoms with Crippen LogP contribution in [-0.2, 0) is 10.8 Å². The summed E-state index contributed by atoms with van der Waals surface area (Å²) < 4.78 is 10.8. The van der Waals surface area contributed by atoms with E-state index >= 15 is 0 Å². The Labute approximate surface area is 102 Å². The summed E-state index contributed by atoms with van der Waals surface area (Å²) in [5.41, 5.74) is 6.32. The van der Waals surface area contributed by atoms with Crippen LogP contribution in [0.25, 0.3) is 0 Å². The van der Waals surface area contributed by atoms with Gasteiger partial charge in [-0.15, -0.1) is 0 Å². The maximum absolute atomic E-state index is 10.8. The zero-order chi connectivity index (χ0) is 12.8. The Morgan fingerprint density at radius 2 is 2.24 bits per heavy atom. The van der Waals surface area contributed by atoms with E-state index < -0.39 is 15.7 Å². The van der Waals surface area contributed by atoms with E-state index in [2.05, 4.69) is 5.32 Å². The molecule has 1 aromatic carbocycles. The molecule has 1 rings (SSSR count). The minimum Gasteiger partial charge on any atom is -0.393 e. The minimum atomic E-state index is -0.792. The summed E-state index contributed by atoms with van der Waals surface area (Å²) in [6.07, 6.45) is 2.43. The van der Waals surface area contributed by atoms with E-state index in [1.807, 2.05) is 0 Å². The van der Waals surface area contributed by atoms with Crippen LogP contribution in [0.3, 0.4) is 0 Å². The predicted molar refractivity (Wildman–Crippen MR) is 69.5 cm³/mol. The van der Waals surface area contributed by atoms with Crippen molar-refractivity contribution in [3.63, 3.8) is 0 Å². The number of nitrogens with zero attached hydrogens (tertiary/aromatic N) is 1. The molecule has 1 unspecified atom stereocenters. The molecule has 0 saturated carbocycles. The van der Waals surface area contributed by atoms with E-state index in [4.69, 9.17) is 5.73 Å². The van der Waals surface area contributed by atoms with Gasteiger partial charge in [-0.2, -0.15) is 0 Å². The fourth-order valence-corrected chi connectivity index (χ4v) is 1.89. The lowest BCUT2D eigenvalue weighted by molar-refractivity contribution is -0.383. The first-order valence-corrected chi connectivity index (χ1v) is 6.81. The van der Waals surface area contributed by atoms with Gasteiger partial charge in [0, 0.05) is 41.1 Å². The molecular formula is C10H15N3O3S. The number of nitro benzene ring substituents is 1. The van der Waals surface area contributed by atoms with E-state index in [0.717, 1.165) is 12.1 Å². The van der Waals surface area contributed by atoms with E-state index in [9.17, 15) is 14.3 Å². The second-order valence-corrected chi connectivity index (χ2v) is 5.14. The van der Waals surface area contributed by atoms with Crippen molar-refractivity contribution < 1.29 is 9.13 Å². The molecule has 0 bridgehead atoms. The first kappa shape index (κ1) is 13.4. The van der Waals surface area contributed by atoms with Crippen LogP contribution in [0.2, 0.25) is 0 Å². The van der Waals surface area contributed by atoms with Crippen LogP contribution in [0.15, 0.2) is 18.2 Å². The van der Waals surface area contributed by atoms with Crippen molar-refractivity contribution >= 4 is 27.9 Å². The Bertz CT molecular complexity index is 437. The topological polar surface area (TPSA) is 98.3 Å². The third-order valence-electron chi connectivity index (χ3n) is 2.16. The van der Waals surface area contributed by atoms with Gasteiger partial charge in [-0.25, -0.2) is 0 Å². The Hall–Kier alpha value is -1.63. The van der Waals surface area contributed by atoms with Crippen LogP contribution in [0.5, 0.6) is 0 Å². The van der Waals surface area contributed by atoms with E-state index in [-0.39, 0.29) is 11.4 Å². The summed E-state index contributed by atoms with van der Waals surface area (Å²) in [6, 6.07) is 4.51. The SMILES string of the molecule is CS(=O)CCCNc1ccc([N+](=O)[O-])c(N)c1. The molecule has 17 heavy (non-hydrogen) atoms. The van der Waals surface area contributed by atoms with Crippen LogP contribution in [0.4, 0.5) is 17.1 Å². The summed E-state index contributed by atoms with van der Waals surface area (Å²) in [5.74, 6) is 0.634. The third-order valence-corrected chi connectivity index (χ3v) is 3.03. The van der Waals surface area contributed by atoms with Crippen molar-refractivity contribution in [2.45, 2.75) is 6.42 Å². The number of nitro groups is 1. The molecule has 1 aromatic rings. The number of hydrogen-bond donors (Lipinski definition) is 2. The maximum atomic E-state index is 10.8. The minimum absolute atomic E-state index is 0.0924. The molecule has 3 N–H and O–H groups in total. The lowest BCUT2D eigenvalue weighted by Gasteiger charge is -2.06. The molecule has 0 aliphatic heterocycles. The highest BCUT2D eigenvalue weighted by atomic mass is 32.2. The van der Waals surface area contributed by atoms with Crippen LogP contribution >= 0.6 is 0 Å². The van der Waals surface area contributed by atoms with Crippen LogP contribution in [-0.4, -0.2) is 27.7 Å². The number of rotatable bonds is 6. The zero-order valence-corrected chi connectivity index (χ0v) is 10.3. The monoisotopic (exact) mass is 257 g/mol. The Morgan fingerprint density at radius 1 is 1.53 bits per heavy atom. The molecule has 94 valence electrons. The van der Waals surface area contributed by atoms with Crippen LogP contribution in [0.1, 0.15) is 6.42 Å². The summed E-state index contributed by atoms with van der Waals surface area (Å²) in [7, 11) is -0.792. The van der Waals surface area contributed by atoms with Crippen molar-refractivity contribution in [3.8, 4) is 0 Å². The molecule has 0 amide bonds. The molecule has 0 fully saturated rings. The Kier molecular flexibility index (Phi) is 4.89. The first-order valence-electron chi connectivity index (χ1n) is 5.08. The lowest BCUT2D eigenvalue weighted by atomic mass is 10.2. The number of anilines is 2. The number of nitrogen functional groups attached to an aromatic ring is 1. The smallest absolute Gasteiger partial charge is 0.292 e. The number of nitrogens with two attached hydrogens (primary N) is 1. The maximum Gasteiger partial charge on any atom is 0.292 e. The third kappa shape index (κ3) is 4.39. The molecule has 1 atom stereocenters. The lowest BCUT2D eigenvalue weighted by Crippen LogP contribution is -2.06. The van der Waals surface area contributed by atoms with Gasteiger partial charge < -0.3 is 11.1 Å². The van der Waals surface area contributed by atoms with Crippen molar-refractivity contribution in [1.29, 1.82) is 0 Å². The molecule has 0 radical (unpaired) electrons. The summed E-state index contributed by atoms with van der Waals surface area (Å²) in [4.78, 5) is 10.0. The van der Waals surface area contributed by atoms with Crippen LogP contribution in [0, 0.1) is 10.1 Å². The molecule has 7 heteroatoms. The van der Waals surface area contributed by atoms with Gasteiger partial charge in [-0.05, 0) is 18.6 Å². The Balaban J connectivity index is 2.53. The molecule has 0 heterocycles. The van der Waals surface area contributed by atoms with Gasteiger partial charge >= 0.3 is 0 Å². The average Bonchev–Trinajstić information content (AvgIpc) is 2.23.